The summed E-state index contributed by atoms with van der Waals surface area (Å²) in [5.74, 6) is 0. The molecule has 0 atom stereocenters. The van der Waals surface area contributed by atoms with Crippen molar-refractivity contribution >= 4 is 53.5 Å². The van der Waals surface area contributed by atoms with Crippen LogP contribution in [0.4, 0.5) is 0 Å². The Balaban J connectivity index is 2.83. The average Bonchev–Trinajstić information content (AvgIpc) is 2.83. The summed E-state index contributed by atoms with van der Waals surface area (Å²) in [6, 6.07) is 10.3. The molecule has 3 aromatic carbocycles. The molecule has 0 spiro atoms. The maximum absolute atomic E-state index is 2.60. The Morgan fingerprint density at radius 2 is 0.540 bits per heavy atom. The Labute approximate surface area is 316 Å². The quantitative estimate of drug-likeness (QED) is 0.184. The molecule has 0 aliphatic carbocycles. The van der Waals surface area contributed by atoms with Crippen LogP contribution in [0, 0.1) is 9.88 Å². The SMILES string of the molecule is CC(C)(C)c1cc(C(C)(C)C)c(P=c2c([Si](C)(C)C)c([Si](C)(C)C)c2=Pc2c(C(C)(C)C)cc(C(C)(C)C)cc2C(C)(C)C)c(C(C)(C)C)c1. The van der Waals surface area contributed by atoms with Gasteiger partial charge in [-0.1, -0.05) is 205 Å². The van der Waals surface area contributed by atoms with E-state index in [1.807, 2.05) is 0 Å². The van der Waals surface area contributed by atoms with Crippen molar-refractivity contribution in [1.82, 2.24) is 0 Å². The number of hydrogen-bond donors (Lipinski definition) is 0. The minimum atomic E-state index is -1.68. The first-order chi connectivity index (χ1) is 21.9. The number of benzene rings is 2. The van der Waals surface area contributed by atoms with Gasteiger partial charge in [0, 0.05) is 20.5 Å². The van der Waals surface area contributed by atoms with Gasteiger partial charge in [0.2, 0.25) is 0 Å². The molecule has 0 radical (unpaired) electrons. The lowest BCUT2D eigenvalue weighted by Gasteiger charge is -2.36. The van der Waals surface area contributed by atoms with Crippen molar-refractivity contribution in [1.29, 1.82) is 0 Å². The summed E-state index contributed by atoms with van der Waals surface area (Å²) in [4.78, 5) is 3.31. The van der Waals surface area contributed by atoms with Gasteiger partial charge in [0.05, 0.1) is 16.1 Å². The van der Waals surface area contributed by atoms with E-state index in [1.54, 1.807) is 30.9 Å². The molecule has 0 aromatic heterocycles. The van der Waals surface area contributed by atoms with Gasteiger partial charge >= 0.3 is 0 Å². The van der Waals surface area contributed by atoms with E-state index in [1.165, 1.54) is 49.8 Å². The summed E-state index contributed by atoms with van der Waals surface area (Å²) in [5, 5.41) is 6.67. The molecule has 0 fully saturated rings. The van der Waals surface area contributed by atoms with Gasteiger partial charge in [-0.25, -0.2) is 0 Å². The van der Waals surface area contributed by atoms with Gasteiger partial charge in [0.15, 0.2) is 0 Å². The van der Waals surface area contributed by atoms with Crippen molar-refractivity contribution < 1.29 is 0 Å². The fourth-order valence-corrected chi connectivity index (χ4v) is 19.1. The van der Waals surface area contributed by atoms with Crippen LogP contribution in [0.15, 0.2) is 24.3 Å². The van der Waals surface area contributed by atoms with E-state index in [-0.39, 0.29) is 32.5 Å². The summed E-state index contributed by atoms with van der Waals surface area (Å²) in [7, 11) is -0.546. The highest BCUT2D eigenvalue weighted by Gasteiger charge is 2.37. The van der Waals surface area contributed by atoms with Crippen LogP contribution < -0.4 is 21.0 Å². The molecular formula is C46H76P2Si2. The zero-order valence-electron chi connectivity index (χ0n) is 37.2. The first kappa shape index (κ1) is 43.4. The van der Waals surface area contributed by atoms with Crippen LogP contribution in [0.5, 0.6) is 0 Å². The van der Waals surface area contributed by atoms with Gasteiger partial charge in [0.25, 0.3) is 0 Å². The summed E-state index contributed by atoms with van der Waals surface area (Å²) in [5.41, 5.74) is 9.36. The molecule has 0 saturated heterocycles. The zero-order valence-corrected chi connectivity index (χ0v) is 41.0. The van der Waals surface area contributed by atoms with Crippen molar-refractivity contribution in [3.05, 3.63) is 67.5 Å². The third-order valence-electron chi connectivity index (χ3n) is 10.1. The molecule has 0 bridgehead atoms. The van der Waals surface area contributed by atoms with Gasteiger partial charge in [-0.05, 0) is 76.2 Å². The van der Waals surface area contributed by atoms with E-state index in [0.717, 1.165) is 0 Å². The van der Waals surface area contributed by atoms with Crippen molar-refractivity contribution in [2.45, 2.75) is 196 Å². The van der Waals surface area contributed by atoms with Crippen molar-refractivity contribution in [3.63, 3.8) is 0 Å². The van der Waals surface area contributed by atoms with Crippen LogP contribution in [-0.2, 0) is 32.5 Å². The van der Waals surface area contributed by atoms with E-state index < -0.39 is 16.1 Å². The standard InChI is InChI=1S/C46H76P2Si2/c1-41(2,3)29-25-31(43(7,8)9)35(32(26-29)44(10,11)12)47-37-38(40(50(22,23)24)39(37)49(19,20)21)48-36-33(45(13,14)15)27-30(42(4,5)6)28-34(36)46(16,17)18/h25-28H,1-24H3. The molecule has 278 valence electrons. The molecule has 3 aromatic rings. The summed E-state index contributed by atoms with van der Waals surface area (Å²) >= 11 is 0. The number of hydrogen-bond acceptors (Lipinski definition) is 0. The fraction of sp³-hybridized carbons (Fsp3) is 0.652. The van der Waals surface area contributed by atoms with E-state index in [0.29, 0.717) is 0 Å². The monoisotopic (exact) mass is 746 g/mol. The molecule has 0 N–H and O–H groups in total. The third-order valence-corrected chi connectivity index (χ3v) is 17.7. The van der Waals surface area contributed by atoms with Crippen LogP contribution in [0.1, 0.15) is 158 Å². The second kappa shape index (κ2) is 13.4. The summed E-state index contributed by atoms with van der Waals surface area (Å²) in [6.45, 7) is 59.0. The molecule has 4 heteroatoms. The lowest BCUT2D eigenvalue weighted by molar-refractivity contribution is 0.553. The third kappa shape index (κ3) is 9.35. The Kier molecular flexibility index (Phi) is 11.6. The fourth-order valence-electron chi connectivity index (χ4n) is 6.98. The molecule has 0 heterocycles. The van der Waals surface area contributed by atoms with Crippen LogP contribution in [0.25, 0.3) is 0 Å². The van der Waals surface area contributed by atoms with Crippen molar-refractivity contribution in [3.8, 4) is 0 Å². The smallest absolute Gasteiger partial charge is 0.0656 e. The van der Waals surface area contributed by atoms with Crippen LogP contribution in [-0.4, -0.2) is 16.1 Å². The van der Waals surface area contributed by atoms with Crippen LogP contribution in [0.2, 0.25) is 39.3 Å². The first-order valence-corrected chi connectivity index (χ1v) is 28.0. The summed E-state index contributed by atoms with van der Waals surface area (Å²) in [6.07, 6.45) is 0. The molecule has 0 nitrogen and oxygen atoms in total. The van der Waals surface area contributed by atoms with E-state index in [4.69, 9.17) is 0 Å². The molecule has 0 unspecified atom stereocenters. The van der Waals surface area contributed by atoms with Gasteiger partial charge in [-0.15, -0.1) is 0 Å². The number of rotatable bonds is 4. The van der Waals surface area contributed by atoms with Gasteiger partial charge < -0.3 is 0 Å². The topological polar surface area (TPSA) is 0 Å². The second-order valence-corrected chi connectivity index (χ2v) is 35.7. The molecule has 0 aliphatic rings. The minimum absolute atomic E-state index is 0.0397. The average molecular weight is 747 g/mol. The lowest BCUT2D eigenvalue weighted by atomic mass is 9.75. The maximum atomic E-state index is 2.60. The predicted octanol–water partition coefficient (Wildman–Crippen LogP) is 13.0. The highest BCUT2D eigenvalue weighted by atomic mass is 31.1. The van der Waals surface area contributed by atoms with Crippen LogP contribution >= 0.6 is 16.4 Å². The Bertz CT molecular complexity index is 1630. The Hall–Kier alpha value is -1.05. The van der Waals surface area contributed by atoms with E-state index >= 15 is 0 Å². The molecule has 0 aliphatic heterocycles. The normalized spacial score (nSPS) is 15.4. The minimum Gasteiger partial charge on any atom is -0.0656 e. The molecule has 0 saturated carbocycles. The first-order valence-electron chi connectivity index (χ1n) is 19.2. The highest BCUT2D eigenvalue weighted by molar-refractivity contribution is 7.43. The summed E-state index contributed by atoms with van der Waals surface area (Å²) < 4.78 is 0. The second-order valence-electron chi connectivity index (χ2n) is 23.5. The molecular weight excluding hydrogens is 671 g/mol. The van der Waals surface area contributed by atoms with Gasteiger partial charge in [-0.2, -0.15) is 0 Å². The van der Waals surface area contributed by atoms with E-state index in [2.05, 4.69) is 188 Å². The van der Waals surface area contributed by atoms with Gasteiger partial charge in [-0.3, -0.25) is 0 Å². The van der Waals surface area contributed by atoms with E-state index in [9.17, 15) is 0 Å². The maximum Gasteiger partial charge on any atom is 0.0787 e. The highest BCUT2D eigenvalue weighted by Crippen LogP contribution is 2.39. The van der Waals surface area contributed by atoms with Gasteiger partial charge in [0.1, 0.15) is 0 Å². The molecule has 3 rings (SSSR count). The zero-order chi connectivity index (χ0) is 39.2. The van der Waals surface area contributed by atoms with Crippen molar-refractivity contribution in [2.75, 3.05) is 0 Å². The van der Waals surface area contributed by atoms with Crippen molar-refractivity contribution in [2.24, 2.45) is 0 Å². The lowest BCUT2D eigenvalue weighted by Crippen LogP contribution is -2.61. The molecule has 50 heavy (non-hydrogen) atoms. The Morgan fingerprint density at radius 1 is 0.340 bits per heavy atom. The largest absolute Gasteiger partial charge is 0.0787 e. The van der Waals surface area contributed by atoms with Crippen LogP contribution in [0.3, 0.4) is 0 Å². The molecule has 0 amide bonds. The Morgan fingerprint density at radius 3 is 0.680 bits per heavy atom. The predicted molar refractivity (Wildman–Crippen MR) is 239 cm³/mol.